The zero-order valence-corrected chi connectivity index (χ0v) is 20.7. The standard InChI is InChI=1S/C25H35N3O6/c1-16-21(32-5)14-28(3)25(30)19-8-6-7-17(13-26)23(19)33-12-11-18-9-10-20(31-4)22(34-18)15-27(2)24(16)29/h6-8,16,18,20-22H,9-12,14-15H2,1-5H3/t16-,18+,20+,21+,22+/m0/s1. The number of amides is 2. The van der Waals surface area contributed by atoms with E-state index in [-0.39, 0.29) is 42.4 Å². The fourth-order valence-electron chi connectivity index (χ4n) is 4.68. The molecule has 2 heterocycles. The van der Waals surface area contributed by atoms with Gasteiger partial charge in [-0.1, -0.05) is 13.0 Å². The molecule has 9 heteroatoms. The van der Waals surface area contributed by atoms with Gasteiger partial charge in [-0.2, -0.15) is 5.26 Å². The molecule has 1 aromatic rings. The molecule has 3 rings (SSSR count). The number of nitriles is 1. The second-order valence-corrected chi connectivity index (χ2v) is 9.05. The maximum absolute atomic E-state index is 13.3. The molecule has 0 aromatic heterocycles. The van der Waals surface area contributed by atoms with Crippen molar-refractivity contribution in [1.29, 1.82) is 5.26 Å². The highest BCUT2D eigenvalue weighted by Crippen LogP contribution is 2.28. The number of para-hydroxylation sites is 1. The molecule has 2 aliphatic heterocycles. The molecule has 34 heavy (non-hydrogen) atoms. The Bertz CT molecular complexity index is 916. The lowest BCUT2D eigenvalue weighted by atomic mass is 9.97. The number of likely N-dealkylation sites (N-methyl/N-ethyl adjacent to an activating group) is 2. The molecule has 0 spiro atoms. The summed E-state index contributed by atoms with van der Waals surface area (Å²) in [6, 6.07) is 7.07. The number of carbonyl (C=O) groups excluding carboxylic acids is 2. The van der Waals surface area contributed by atoms with Crippen molar-refractivity contribution >= 4 is 11.8 Å². The van der Waals surface area contributed by atoms with Gasteiger partial charge in [0.1, 0.15) is 17.9 Å². The molecule has 5 atom stereocenters. The first-order valence-corrected chi connectivity index (χ1v) is 11.7. The number of nitrogens with zero attached hydrogens (tertiary/aromatic N) is 3. The van der Waals surface area contributed by atoms with Gasteiger partial charge in [0.2, 0.25) is 5.91 Å². The second kappa shape index (κ2) is 11.6. The Morgan fingerprint density at radius 3 is 2.44 bits per heavy atom. The lowest BCUT2D eigenvalue weighted by Gasteiger charge is -2.38. The number of fused-ring (bicyclic) bond motifs is 3. The fourth-order valence-corrected chi connectivity index (χ4v) is 4.68. The molecule has 1 fully saturated rings. The molecule has 0 radical (unpaired) electrons. The monoisotopic (exact) mass is 473 g/mol. The molecule has 1 aromatic carbocycles. The zero-order chi connectivity index (χ0) is 24.8. The highest BCUT2D eigenvalue weighted by Gasteiger charge is 2.36. The number of carbonyl (C=O) groups is 2. The van der Waals surface area contributed by atoms with E-state index in [4.69, 9.17) is 18.9 Å². The predicted molar refractivity (Wildman–Crippen MR) is 125 cm³/mol. The van der Waals surface area contributed by atoms with E-state index >= 15 is 0 Å². The SMILES string of the molecule is CO[C@@H]1CN(C)C(=O)c2cccc(C#N)c2OCC[C@H]2CC[C@@H](OC)[C@@H](CN(C)C(=O)[C@H]1C)O2. The molecule has 2 aliphatic rings. The van der Waals surface area contributed by atoms with E-state index in [2.05, 4.69) is 6.07 Å². The van der Waals surface area contributed by atoms with Crippen LogP contribution in [0.3, 0.4) is 0 Å². The van der Waals surface area contributed by atoms with Crippen LogP contribution in [0, 0.1) is 17.2 Å². The highest BCUT2D eigenvalue weighted by atomic mass is 16.5. The largest absolute Gasteiger partial charge is 0.491 e. The van der Waals surface area contributed by atoms with Crippen LogP contribution in [0.5, 0.6) is 5.75 Å². The van der Waals surface area contributed by atoms with Crippen molar-refractivity contribution in [2.24, 2.45) is 5.92 Å². The minimum atomic E-state index is -0.515. The van der Waals surface area contributed by atoms with E-state index < -0.39 is 12.0 Å². The van der Waals surface area contributed by atoms with Crippen molar-refractivity contribution in [3.8, 4) is 11.8 Å². The van der Waals surface area contributed by atoms with Crippen LogP contribution in [0.25, 0.3) is 0 Å². The van der Waals surface area contributed by atoms with Crippen molar-refractivity contribution in [2.75, 3.05) is 48.0 Å². The van der Waals surface area contributed by atoms with Crippen LogP contribution in [0.1, 0.15) is 42.1 Å². The van der Waals surface area contributed by atoms with E-state index in [1.807, 2.05) is 0 Å². The third-order valence-electron chi connectivity index (χ3n) is 6.79. The van der Waals surface area contributed by atoms with Crippen LogP contribution in [0.2, 0.25) is 0 Å². The van der Waals surface area contributed by atoms with Gasteiger partial charge in [-0.25, -0.2) is 0 Å². The molecule has 186 valence electrons. The van der Waals surface area contributed by atoms with Crippen LogP contribution in [-0.2, 0) is 19.0 Å². The molecule has 0 saturated carbocycles. The first-order chi connectivity index (χ1) is 16.3. The van der Waals surface area contributed by atoms with Gasteiger partial charge in [-0.15, -0.1) is 0 Å². The Morgan fingerprint density at radius 1 is 1.03 bits per heavy atom. The summed E-state index contributed by atoms with van der Waals surface area (Å²) in [5.74, 6) is -0.601. The summed E-state index contributed by atoms with van der Waals surface area (Å²) in [7, 11) is 6.61. The summed E-state index contributed by atoms with van der Waals surface area (Å²) >= 11 is 0. The summed E-state index contributed by atoms with van der Waals surface area (Å²) in [4.78, 5) is 29.7. The van der Waals surface area contributed by atoms with Gasteiger partial charge < -0.3 is 28.7 Å². The van der Waals surface area contributed by atoms with E-state index in [0.29, 0.717) is 30.7 Å². The first kappa shape index (κ1) is 25.9. The van der Waals surface area contributed by atoms with Crippen LogP contribution >= 0.6 is 0 Å². The Balaban J connectivity index is 1.95. The van der Waals surface area contributed by atoms with Gasteiger partial charge in [-0.3, -0.25) is 9.59 Å². The average Bonchev–Trinajstić information content (AvgIpc) is 2.85. The predicted octanol–water partition coefficient (Wildman–Crippen LogP) is 2.08. The molecule has 2 amide bonds. The van der Waals surface area contributed by atoms with Crippen molar-refractivity contribution in [3.05, 3.63) is 29.3 Å². The van der Waals surface area contributed by atoms with Crippen LogP contribution in [0.15, 0.2) is 18.2 Å². The highest BCUT2D eigenvalue weighted by molar-refractivity contribution is 5.97. The minimum Gasteiger partial charge on any atom is -0.491 e. The third kappa shape index (κ3) is 5.69. The van der Waals surface area contributed by atoms with Gasteiger partial charge in [0.15, 0.2) is 0 Å². The van der Waals surface area contributed by atoms with Crippen molar-refractivity contribution < 1.29 is 28.5 Å². The maximum atomic E-state index is 13.3. The first-order valence-electron chi connectivity index (χ1n) is 11.7. The van der Waals surface area contributed by atoms with E-state index in [9.17, 15) is 14.9 Å². The smallest absolute Gasteiger partial charge is 0.257 e. The quantitative estimate of drug-likeness (QED) is 0.648. The third-order valence-corrected chi connectivity index (χ3v) is 6.79. The maximum Gasteiger partial charge on any atom is 0.257 e. The lowest BCUT2D eigenvalue weighted by molar-refractivity contribution is -0.154. The Hall–Kier alpha value is -2.67. The van der Waals surface area contributed by atoms with Crippen molar-refractivity contribution in [3.63, 3.8) is 0 Å². The molecule has 9 nitrogen and oxygen atoms in total. The second-order valence-electron chi connectivity index (χ2n) is 9.05. The number of ether oxygens (including phenoxy) is 4. The average molecular weight is 474 g/mol. The normalized spacial score (nSPS) is 29.2. The molecular formula is C25H35N3O6. The molecule has 0 aliphatic carbocycles. The van der Waals surface area contributed by atoms with Gasteiger partial charge in [0.05, 0.1) is 42.0 Å². The van der Waals surface area contributed by atoms with Crippen LogP contribution in [-0.4, -0.2) is 94.0 Å². The van der Waals surface area contributed by atoms with Crippen molar-refractivity contribution in [2.45, 2.75) is 50.6 Å². The van der Waals surface area contributed by atoms with Gasteiger partial charge >= 0.3 is 0 Å². The number of benzene rings is 1. The van der Waals surface area contributed by atoms with E-state index in [1.54, 1.807) is 51.2 Å². The Kier molecular flexibility index (Phi) is 8.89. The molecule has 1 saturated heterocycles. The lowest BCUT2D eigenvalue weighted by Crippen LogP contribution is -2.50. The van der Waals surface area contributed by atoms with Gasteiger partial charge in [0, 0.05) is 47.8 Å². The number of hydrogen-bond donors (Lipinski definition) is 0. The summed E-state index contributed by atoms with van der Waals surface area (Å²) < 4.78 is 23.6. The van der Waals surface area contributed by atoms with E-state index in [1.165, 1.54) is 12.0 Å². The molecule has 0 unspecified atom stereocenters. The molecular weight excluding hydrogens is 438 g/mol. The van der Waals surface area contributed by atoms with Gasteiger partial charge in [-0.05, 0) is 25.0 Å². The topological polar surface area (TPSA) is 101 Å². The Morgan fingerprint density at radius 2 is 1.76 bits per heavy atom. The molecule has 2 bridgehead atoms. The Labute approximate surface area is 201 Å². The van der Waals surface area contributed by atoms with Crippen LogP contribution in [0.4, 0.5) is 0 Å². The number of methoxy groups -OCH3 is 2. The summed E-state index contributed by atoms with van der Waals surface area (Å²) in [6.45, 7) is 2.70. The zero-order valence-electron chi connectivity index (χ0n) is 20.7. The van der Waals surface area contributed by atoms with Gasteiger partial charge in [0.25, 0.3) is 5.91 Å². The van der Waals surface area contributed by atoms with E-state index in [0.717, 1.165) is 12.8 Å². The van der Waals surface area contributed by atoms with Crippen LogP contribution < -0.4 is 4.74 Å². The summed E-state index contributed by atoms with van der Waals surface area (Å²) in [5.41, 5.74) is 0.609. The molecule has 0 N–H and O–H groups in total. The minimum absolute atomic E-state index is 0.0759. The number of rotatable bonds is 2. The fraction of sp³-hybridized carbons (Fsp3) is 0.640. The number of hydrogen-bond acceptors (Lipinski definition) is 7. The van der Waals surface area contributed by atoms with Crippen molar-refractivity contribution in [1.82, 2.24) is 9.80 Å². The summed E-state index contributed by atoms with van der Waals surface area (Å²) in [6.07, 6.45) is 1.25. The summed E-state index contributed by atoms with van der Waals surface area (Å²) in [5, 5.41) is 9.60.